The maximum absolute atomic E-state index is 13.4. The lowest BCUT2D eigenvalue weighted by atomic mass is 9.89. The number of methoxy groups -OCH3 is 1. The zero-order chi connectivity index (χ0) is 13.1. The van der Waals surface area contributed by atoms with Crippen LogP contribution >= 0.6 is 0 Å². The molecule has 1 aromatic rings. The first kappa shape index (κ1) is 13.0. The number of anilines is 2. The Balaban J connectivity index is 1.98. The van der Waals surface area contributed by atoms with Crippen LogP contribution in [0.5, 0.6) is 5.75 Å². The van der Waals surface area contributed by atoms with Crippen molar-refractivity contribution in [3.8, 4) is 5.75 Å². The Morgan fingerprint density at radius 1 is 1.44 bits per heavy atom. The van der Waals surface area contributed by atoms with Crippen molar-refractivity contribution in [1.82, 2.24) is 0 Å². The lowest BCUT2D eigenvalue weighted by Gasteiger charge is -2.36. The topological polar surface area (TPSA) is 56.5 Å². The van der Waals surface area contributed by atoms with Crippen molar-refractivity contribution in [1.29, 1.82) is 0 Å². The molecule has 2 rings (SSSR count). The fourth-order valence-corrected chi connectivity index (χ4v) is 2.13. The fraction of sp³-hybridized carbons (Fsp3) is 0.538. The van der Waals surface area contributed by atoms with E-state index < -0.39 is 5.82 Å². The summed E-state index contributed by atoms with van der Waals surface area (Å²) in [5.74, 6) is -0.242. The summed E-state index contributed by atoms with van der Waals surface area (Å²) in [5.41, 5.74) is 6.89. The van der Waals surface area contributed by atoms with Crippen molar-refractivity contribution in [2.24, 2.45) is 0 Å². The van der Waals surface area contributed by atoms with Crippen molar-refractivity contribution in [3.63, 3.8) is 0 Å². The number of ether oxygens (including phenoxy) is 2. The molecule has 0 unspecified atom stereocenters. The molecule has 1 fully saturated rings. The van der Waals surface area contributed by atoms with Gasteiger partial charge in [-0.15, -0.1) is 0 Å². The van der Waals surface area contributed by atoms with Crippen molar-refractivity contribution in [3.05, 3.63) is 17.9 Å². The molecule has 0 aliphatic heterocycles. The molecule has 0 saturated heterocycles. The molecule has 3 N–H and O–H groups in total. The number of nitrogens with one attached hydrogen (secondary N) is 1. The Morgan fingerprint density at radius 3 is 2.78 bits per heavy atom. The average Bonchev–Trinajstić information content (AvgIpc) is 2.29. The number of nitrogen functional groups attached to an aromatic ring is 1. The van der Waals surface area contributed by atoms with Crippen LogP contribution in [0.3, 0.4) is 0 Å². The molecule has 0 radical (unpaired) electrons. The van der Waals surface area contributed by atoms with Crippen LogP contribution in [-0.2, 0) is 4.74 Å². The van der Waals surface area contributed by atoms with Crippen LogP contribution < -0.4 is 15.8 Å². The molecule has 5 heteroatoms. The maximum Gasteiger partial charge on any atom is 0.167 e. The highest BCUT2D eigenvalue weighted by Gasteiger charge is 2.29. The third kappa shape index (κ3) is 2.67. The maximum atomic E-state index is 13.4. The third-order valence-electron chi connectivity index (χ3n) is 3.18. The highest BCUT2D eigenvalue weighted by Crippen LogP contribution is 2.32. The molecule has 0 heterocycles. The van der Waals surface area contributed by atoms with Gasteiger partial charge in [-0.2, -0.15) is 0 Å². The molecule has 1 aliphatic carbocycles. The van der Waals surface area contributed by atoms with Gasteiger partial charge in [0.25, 0.3) is 0 Å². The number of rotatable bonds is 5. The van der Waals surface area contributed by atoms with Crippen molar-refractivity contribution >= 4 is 11.4 Å². The number of benzene rings is 1. The standard InChI is InChI=1S/C13H19FN2O2/c1-3-18-9-4-8(5-9)16-12-7-13(17-2)10(14)6-11(12)15/h6-9,16H,3-5,15H2,1-2H3. The highest BCUT2D eigenvalue weighted by molar-refractivity contribution is 5.69. The van der Waals surface area contributed by atoms with Crippen LogP contribution in [0.1, 0.15) is 19.8 Å². The Bertz CT molecular complexity index is 420. The Labute approximate surface area is 106 Å². The van der Waals surface area contributed by atoms with E-state index in [1.165, 1.54) is 13.2 Å². The second-order valence-electron chi connectivity index (χ2n) is 4.46. The molecule has 4 nitrogen and oxygen atoms in total. The summed E-state index contributed by atoms with van der Waals surface area (Å²) in [6, 6.07) is 3.21. The van der Waals surface area contributed by atoms with Gasteiger partial charge < -0.3 is 20.5 Å². The summed E-state index contributed by atoms with van der Waals surface area (Å²) in [7, 11) is 1.44. The first-order valence-corrected chi connectivity index (χ1v) is 6.15. The zero-order valence-corrected chi connectivity index (χ0v) is 10.7. The molecule has 0 spiro atoms. The highest BCUT2D eigenvalue weighted by atomic mass is 19.1. The normalized spacial score (nSPS) is 22.4. The average molecular weight is 254 g/mol. The molecule has 100 valence electrons. The van der Waals surface area contributed by atoms with E-state index in [1.54, 1.807) is 6.07 Å². The second kappa shape index (κ2) is 5.44. The SMILES string of the molecule is CCOC1CC(Nc2cc(OC)c(F)cc2N)C1. The van der Waals surface area contributed by atoms with Gasteiger partial charge in [0.2, 0.25) is 0 Å². The molecule has 0 atom stereocenters. The summed E-state index contributed by atoms with van der Waals surface area (Å²) in [4.78, 5) is 0. The Hall–Kier alpha value is -1.49. The predicted octanol–water partition coefficient (Wildman–Crippen LogP) is 2.40. The number of nitrogens with two attached hydrogens (primary N) is 1. The Morgan fingerprint density at radius 2 is 2.17 bits per heavy atom. The number of hydrogen-bond donors (Lipinski definition) is 2. The van der Waals surface area contributed by atoms with Gasteiger partial charge in [0.1, 0.15) is 0 Å². The summed E-state index contributed by atoms with van der Waals surface area (Å²) in [6.45, 7) is 2.73. The molecule has 0 bridgehead atoms. The molecular weight excluding hydrogens is 235 g/mol. The quantitative estimate of drug-likeness (QED) is 0.792. The van der Waals surface area contributed by atoms with E-state index >= 15 is 0 Å². The number of hydrogen-bond acceptors (Lipinski definition) is 4. The molecule has 1 saturated carbocycles. The van der Waals surface area contributed by atoms with E-state index in [4.69, 9.17) is 15.2 Å². The van der Waals surface area contributed by atoms with E-state index in [0.717, 1.165) is 19.4 Å². The van der Waals surface area contributed by atoms with Gasteiger partial charge in [0, 0.05) is 24.8 Å². The first-order chi connectivity index (χ1) is 8.63. The van der Waals surface area contributed by atoms with E-state index in [-0.39, 0.29) is 5.75 Å². The van der Waals surface area contributed by atoms with Crippen molar-refractivity contribution in [2.75, 3.05) is 24.8 Å². The fourth-order valence-electron chi connectivity index (χ4n) is 2.13. The summed E-state index contributed by atoms with van der Waals surface area (Å²) in [6.07, 6.45) is 2.23. The van der Waals surface area contributed by atoms with Crippen LogP contribution in [0.15, 0.2) is 12.1 Å². The van der Waals surface area contributed by atoms with Crippen LogP contribution in [0.4, 0.5) is 15.8 Å². The van der Waals surface area contributed by atoms with E-state index in [0.29, 0.717) is 23.5 Å². The predicted molar refractivity (Wildman–Crippen MR) is 69.4 cm³/mol. The minimum atomic E-state index is -0.443. The molecular formula is C13H19FN2O2. The van der Waals surface area contributed by atoms with Gasteiger partial charge in [-0.3, -0.25) is 0 Å². The number of halogens is 1. The van der Waals surface area contributed by atoms with Crippen molar-refractivity contribution < 1.29 is 13.9 Å². The van der Waals surface area contributed by atoms with E-state index in [1.807, 2.05) is 6.92 Å². The lowest BCUT2D eigenvalue weighted by molar-refractivity contribution is 0.00300. The van der Waals surface area contributed by atoms with Gasteiger partial charge in [-0.1, -0.05) is 0 Å². The van der Waals surface area contributed by atoms with Crippen LogP contribution in [0.2, 0.25) is 0 Å². The van der Waals surface area contributed by atoms with E-state index in [9.17, 15) is 4.39 Å². The van der Waals surface area contributed by atoms with Gasteiger partial charge in [-0.25, -0.2) is 4.39 Å². The Kier molecular flexibility index (Phi) is 3.91. The lowest BCUT2D eigenvalue weighted by Crippen LogP contribution is -2.40. The van der Waals surface area contributed by atoms with Crippen molar-refractivity contribution in [2.45, 2.75) is 31.9 Å². The van der Waals surface area contributed by atoms with Gasteiger partial charge in [0.15, 0.2) is 11.6 Å². The monoisotopic (exact) mass is 254 g/mol. The zero-order valence-electron chi connectivity index (χ0n) is 10.7. The minimum absolute atomic E-state index is 0.201. The van der Waals surface area contributed by atoms with Crippen LogP contribution in [0, 0.1) is 5.82 Å². The van der Waals surface area contributed by atoms with Gasteiger partial charge in [0.05, 0.1) is 24.6 Å². The summed E-state index contributed by atoms with van der Waals surface area (Å²) >= 11 is 0. The molecule has 0 aromatic heterocycles. The molecule has 1 aromatic carbocycles. The van der Waals surface area contributed by atoms with E-state index in [2.05, 4.69) is 5.32 Å². The largest absolute Gasteiger partial charge is 0.494 e. The molecule has 0 amide bonds. The van der Waals surface area contributed by atoms with Gasteiger partial charge in [-0.05, 0) is 19.8 Å². The summed E-state index contributed by atoms with van der Waals surface area (Å²) < 4.78 is 23.8. The van der Waals surface area contributed by atoms with Gasteiger partial charge >= 0.3 is 0 Å². The third-order valence-corrected chi connectivity index (χ3v) is 3.18. The van der Waals surface area contributed by atoms with Crippen LogP contribution in [0.25, 0.3) is 0 Å². The minimum Gasteiger partial charge on any atom is -0.494 e. The second-order valence-corrected chi connectivity index (χ2v) is 4.46. The molecule has 1 aliphatic rings. The first-order valence-electron chi connectivity index (χ1n) is 6.15. The smallest absolute Gasteiger partial charge is 0.167 e. The summed E-state index contributed by atoms with van der Waals surface area (Å²) in [5, 5.41) is 3.29. The molecule has 18 heavy (non-hydrogen) atoms. The van der Waals surface area contributed by atoms with Crippen LogP contribution in [-0.4, -0.2) is 25.9 Å².